The van der Waals surface area contributed by atoms with E-state index in [-0.39, 0.29) is 6.03 Å². The lowest BCUT2D eigenvalue weighted by Gasteiger charge is -2.04. The van der Waals surface area contributed by atoms with E-state index in [1.165, 1.54) is 4.88 Å². The number of hydrogen-bond acceptors (Lipinski definition) is 3. The summed E-state index contributed by atoms with van der Waals surface area (Å²) in [6, 6.07) is -0.0925. The van der Waals surface area contributed by atoms with E-state index in [0.717, 1.165) is 24.4 Å². The molecule has 1 aromatic heterocycles. The summed E-state index contributed by atoms with van der Waals surface area (Å²) in [4.78, 5) is 16.6. The molecule has 0 fully saturated rings. The Morgan fingerprint density at radius 3 is 2.80 bits per heavy atom. The number of rotatable bonds is 5. The zero-order valence-corrected chi connectivity index (χ0v) is 9.99. The van der Waals surface area contributed by atoms with Crippen molar-refractivity contribution >= 4 is 17.4 Å². The predicted octanol–water partition coefficient (Wildman–Crippen LogP) is 1.70. The molecule has 0 unspecified atom stereocenters. The number of urea groups is 1. The zero-order valence-electron chi connectivity index (χ0n) is 9.17. The first-order valence-electron chi connectivity index (χ1n) is 5.15. The molecule has 1 heterocycles. The average molecular weight is 227 g/mol. The summed E-state index contributed by atoms with van der Waals surface area (Å²) in [6.07, 6.45) is 3.62. The fraction of sp³-hybridized carbons (Fsp3) is 0.600. The van der Waals surface area contributed by atoms with E-state index in [4.69, 9.17) is 0 Å². The molecule has 0 radical (unpaired) electrons. The van der Waals surface area contributed by atoms with Gasteiger partial charge in [0.2, 0.25) is 0 Å². The molecular weight excluding hydrogens is 210 g/mol. The van der Waals surface area contributed by atoms with Gasteiger partial charge in [-0.2, -0.15) is 0 Å². The third-order valence-corrected chi connectivity index (χ3v) is 2.80. The summed E-state index contributed by atoms with van der Waals surface area (Å²) in [7, 11) is 0. The van der Waals surface area contributed by atoms with Gasteiger partial charge in [-0.3, -0.25) is 0 Å². The topological polar surface area (TPSA) is 54.0 Å². The predicted molar refractivity (Wildman–Crippen MR) is 62.2 cm³/mol. The van der Waals surface area contributed by atoms with Crippen molar-refractivity contribution in [2.24, 2.45) is 0 Å². The van der Waals surface area contributed by atoms with Crippen LogP contribution in [0, 0.1) is 6.92 Å². The lowest BCUT2D eigenvalue weighted by atomic mass is 10.4. The Kier molecular flexibility index (Phi) is 5.10. The van der Waals surface area contributed by atoms with E-state index in [2.05, 4.69) is 15.6 Å². The first kappa shape index (κ1) is 12.0. The van der Waals surface area contributed by atoms with Gasteiger partial charge in [0, 0.05) is 30.6 Å². The largest absolute Gasteiger partial charge is 0.338 e. The molecular formula is C10H17N3OS. The van der Waals surface area contributed by atoms with E-state index >= 15 is 0 Å². The minimum absolute atomic E-state index is 0.0925. The molecule has 0 bridgehead atoms. The second-order valence-corrected chi connectivity index (χ2v) is 4.62. The van der Waals surface area contributed by atoms with Gasteiger partial charge in [-0.15, -0.1) is 11.3 Å². The molecule has 0 atom stereocenters. The minimum Gasteiger partial charge on any atom is -0.338 e. The molecule has 0 spiro atoms. The molecule has 0 saturated heterocycles. The maximum atomic E-state index is 11.2. The van der Waals surface area contributed by atoms with Crippen molar-refractivity contribution in [1.29, 1.82) is 0 Å². The summed E-state index contributed by atoms with van der Waals surface area (Å²) in [5.41, 5.74) is 0. The van der Waals surface area contributed by atoms with Crippen molar-refractivity contribution in [3.8, 4) is 0 Å². The van der Waals surface area contributed by atoms with Gasteiger partial charge in [0.15, 0.2) is 0 Å². The van der Waals surface area contributed by atoms with Gasteiger partial charge in [0.1, 0.15) is 0 Å². The molecule has 0 saturated carbocycles. The minimum atomic E-state index is -0.0925. The van der Waals surface area contributed by atoms with Crippen LogP contribution in [0.3, 0.4) is 0 Å². The first-order valence-corrected chi connectivity index (χ1v) is 5.97. The number of nitrogens with one attached hydrogen (secondary N) is 2. The Balaban J connectivity index is 2.13. The van der Waals surface area contributed by atoms with Gasteiger partial charge in [-0.05, 0) is 13.3 Å². The van der Waals surface area contributed by atoms with Gasteiger partial charge in [-0.25, -0.2) is 9.78 Å². The van der Waals surface area contributed by atoms with Crippen molar-refractivity contribution in [3.05, 3.63) is 16.1 Å². The fourth-order valence-corrected chi connectivity index (χ4v) is 1.89. The Morgan fingerprint density at radius 1 is 1.47 bits per heavy atom. The number of nitrogens with zero attached hydrogens (tertiary/aromatic N) is 1. The van der Waals surface area contributed by atoms with Gasteiger partial charge in [-0.1, -0.05) is 6.92 Å². The van der Waals surface area contributed by atoms with Crippen LogP contribution in [0.1, 0.15) is 23.2 Å². The smallest absolute Gasteiger partial charge is 0.314 e. The normalized spacial score (nSPS) is 10.0. The fourth-order valence-electron chi connectivity index (χ4n) is 1.10. The Morgan fingerprint density at radius 2 is 2.20 bits per heavy atom. The summed E-state index contributed by atoms with van der Waals surface area (Å²) >= 11 is 1.67. The van der Waals surface area contributed by atoms with Crippen LogP contribution in [0.5, 0.6) is 0 Å². The van der Waals surface area contributed by atoms with Crippen LogP contribution in [-0.2, 0) is 6.42 Å². The standard InChI is InChI=1S/C10H17N3OS/c1-3-5-11-10(14)12-6-4-9-13-7-8(2)15-9/h7H,3-6H2,1-2H3,(H2,11,12,14). The first-order chi connectivity index (χ1) is 7.22. The highest BCUT2D eigenvalue weighted by Crippen LogP contribution is 2.10. The van der Waals surface area contributed by atoms with Crippen molar-refractivity contribution < 1.29 is 4.79 Å². The van der Waals surface area contributed by atoms with Crippen LogP contribution >= 0.6 is 11.3 Å². The van der Waals surface area contributed by atoms with Crippen LogP contribution in [0.4, 0.5) is 4.79 Å². The van der Waals surface area contributed by atoms with E-state index in [1.54, 1.807) is 11.3 Å². The van der Waals surface area contributed by atoms with Crippen molar-refractivity contribution in [2.75, 3.05) is 13.1 Å². The van der Waals surface area contributed by atoms with Crippen LogP contribution in [0.15, 0.2) is 6.20 Å². The molecule has 2 N–H and O–H groups in total. The van der Waals surface area contributed by atoms with Crippen LogP contribution in [0.2, 0.25) is 0 Å². The quantitative estimate of drug-likeness (QED) is 0.804. The number of aromatic nitrogens is 1. The number of hydrogen-bond donors (Lipinski definition) is 2. The number of carbonyl (C=O) groups is 1. The van der Waals surface area contributed by atoms with E-state index in [1.807, 2.05) is 20.0 Å². The maximum absolute atomic E-state index is 11.2. The molecule has 0 aliphatic carbocycles. The SMILES string of the molecule is CCCNC(=O)NCCc1ncc(C)s1. The molecule has 2 amide bonds. The molecule has 84 valence electrons. The van der Waals surface area contributed by atoms with Crippen LogP contribution < -0.4 is 10.6 Å². The van der Waals surface area contributed by atoms with Crippen molar-refractivity contribution in [2.45, 2.75) is 26.7 Å². The monoisotopic (exact) mass is 227 g/mol. The number of thiazole rings is 1. The number of aryl methyl sites for hydroxylation is 1. The third-order valence-electron chi connectivity index (χ3n) is 1.83. The molecule has 5 heteroatoms. The van der Waals surface area contributed by atoms with Gasteiger partial charge in [0.05, 0.1) is 5.01 Å². The van der Waals surface area contributed by atoms with Gasteiger partial charge >= 0.3 is 6.03 Å². The van der Waals surface area contributed by atoms with E-state index in [0.29, 0.717) is 6.54 Å². The lowest BCUT2D eigenvalue weighted by Crippen LogP contribution is -2.36. The van der Waals surface area contributed by atoms with E-state index in [9.17, 15) is 4.79 Å². The summed E-state index contributed by atoms with van der Waals surface area (Å²) in [5.74, 6) is 0. The summed E-state index contributed by atoms with van der Waals surface area (Å²) < 4.78 is 0. The highest BCUT2D eigenvalue weighted by molar-refractivity contribution is 7.11. The Hall–Kier alpha value is -1.10. The average Bonchev–Trinajstić information content (AvgIpc) is 2.61. The zero-order chi connectivity index (χ0) is 11.1. The molecule has 1 aromatic rings. The molecule has 1 rings (SSSR count). The highest BCUT2D eigenvalue weighted by atomic mass is 32.1. The van der Waals surface area contributed by atoms with Crippen molar-refractivity contribution in [3.63, 3.8) is 0 Å². The maximum Gasteiger partial charge on any atom is 0.314 e. The number of carbonyl (C=O) groups excluding carboxylic acids is 1. The highest BCUT2D eigenvalue weighted by Gasteiger charge is 2.00. The van der Waals surface area contributed by atoms with Crippen LogP contribution in [0.25, 0.3) is 0 Å². The van der Waals surface area contributed by atoms with Crippen molar-refractivity contribution in [1.82, 2.24) is 15.6 Å². The second-order valence-electron chi connectivity index (χ2n) is 3.30. The molecule has 15 heavy (non-hydrogen) atoms. The summed E-state index contributed by atoms with van der Waals surface area (Å²) in [6.45, 7) is 5.42. The van der Waals surface area contributed by atoms with Gasteiger partial charge < -0.3 is 10.6 Å². The Bertz CT molecular complexity index is 311. The summed E-state index contributed by atoms with van der Waals surface area (Å²) in [5, 5.41) is 6.62. The lowest BCUT2D eigenvalue weighted by molar-refractivity contribution is 0.241. The van der Waals surface area contributed by atoms with Gasteiger partial charge in [0.25, 0.3) is 0 Å². The number of amides is 2. The third kappa shape index (κ3) is 4.78. The van der Waals surface area contributed by atoms with E-state index < -0.39 is 0 Å². The second kappa shape index (κ2) is 6.40. The molecule has 0 aliphatic rings. The molecule has 4 nitrogen and oxygen atoms in total. The molecule has 0 aliphatic heterocycles. The molecule has 0 aromatic carbocycles. The Labute approximate surface area is 94.1 Å². The van der Waals surface area contributed by atoms with Crippen LogP contribution in [-0.4, -0.2) is 24.1 Å².